The van der Waals surface area contributed by atoms with Gasteiger partial charge in [0.05, 0.1) is 0 Å². The van der Waals surface area contributed by atoms with Gasteiger partial charge in [-0.3, -0.25) is 0 Å². The Morgan fingerprint density at radius 2 is 1.79 bits per heavy atom. The first kappa shape index (κ1) is 14.4. The molecule has 1 fully saturated rings. The summed E-state index contributed by atoms with van der Waals surface area (Å²) < 4.78 is 0. The Morgan fingerprint density at radius 1 is 1.16 bits per heavy atom. The van der Waals surface area contributed by atoms with Crippen LogP contribution in [0.3, 0.4) is 0 Å². The maximum Gasteiger partial charge on any atom is 0.0367 e. The molecule has 1 atom stereocenters. The number of benzene rings is 1. The normalized spacial score (nSPS) is 20.9. The summed E-state index contributed by atoms with van der Waals surface area (Å²) in [7, 11) is 0. The first-order chi connectivity index (χ1) is 8.88. The minimum absolute atomic E-state index is 0.316. The van der Waals surface area contributed by atoms with Gasteiger partial charge in [-0.2, -0.15) is 0 Å². The maximum atomic E-state index is 3.65. The molecule has 1 aromatic rings. The Bertz CT molecular complexity index is 400. The minimum Gasteiger partial charge on any atom is -0.369 e. The number of piperazine rings is 1. The third kappa shape index (κ3) is 3.50. The van der Waals surface area contributed by atoms with Crippen molar-refractivity contribution in [3.63, 3.8) is 0 Å². The molecule has 1 aliphatic rings. The van der Waals surface area contributed by atoms with Crippen LogP contribution in [0.2, 0.25) is 0 Å². The standard InChI is InChI=1S/C17H28N2/c1-13(2)14-6-8-15(9-7-14)19-11-10-18-16(12-19)17(3,4)5/h6-9,13,16,18H,10-12H2,1-5H3. The van der Waals surface area contributed by atoms with Crippen molar-refractivity contribution in [1.82, 2.24) is 5.32 Å². The second-order valence-corrected chi connectivity index (χ2v) is 7.06. The molecule has 1 unspecified atom stereocenters. The van der Waals surface area contributed by atoms with Crippen LogP contribution in [-0.2, 0) is 0 Å². The van der Waals surface area contributed by atoms with Crippen molar-refractivity contribution in [1.29, 1.82) is 0 Å². The Balaban J connectivity index is 2.09. The van der Waals surface area contributed by atoms with E-state index in [4.69, 9.17) is 0 Å². The third-order valence-corrected chi connectivity index (χ3v) is 4.15. The van der Waals surface area contributed by atoms with Gasteiger partial charge in [0.25, 0.3) is 0 Å². The zero-order valence-corrected chi connectivity index (χ0v) is 13.0. The van der Waals surface area contributed by atoms with Crippen molar-refractivity contribution >= 4 is 5.69 Å². The maximum absolute atomic E-state index is 3.65. The van der Waals surface area contributed by atoms with Crippen molar-refractivity contribution in [2.24, 2.45) is 5.41 Å². The summed E-state index contributed by atoms with van der Waals surface area (Å²) in [6, 6.07) is 9.66. The van der Waals surface area contributed by atoms with E-state index in [-0.39, 0.29) is 0 Å². The Kier molecular flexibility index (Phi) is 4.19. The van der Waals surface area contributed by atoms with Crippen LogP contribution < -0.4 is 10.2 Å². The van der Waals surface area contributed by atoms with Crippen LogP contribution in [0.5, 0.6) is 0 Å². The van der Waals surface area contributed by atoms with Gasteiger partial charge in [0.1, 0.15) is 0 Å². The van der Waals surface area contributed by atoms with Crippen molar-refractivity contribution in [2.45, 2.75) is 46.6 Å². The molecule has 0 amide bonds. The molecule has 1 aromatic carbocycles. The van der Waals surface area contributed by atoms with Gasteiger partial charge < -0.3 is 10.2 Å². The molecule has 2 nitrogen and oxygen atoms in total. The summed E-state index contributed by atoms with van der Waals surface area (Å²) in [6.07, 6.45) is 0. The van der Waals surface area contributed by atoms with E-state index in [9.17, 15) is 0 Å². The molecule has 0 aromatic heterocycles. The monoisotopic (exact) mass is 260 g/mol. The molecule has 0 aliphatic carbocycles. The van der Waals surface area contributed by atoms with Crippen LogP contribution >= 0.6 is 0 Å². The van der Waals surface area contributed by atoms with Crippen LogP contribution in [0, 0.1) is 5.41 Å². The Morgan fingerprint density at radius 3 is 2.32 bits per heavy atom. The largest absolute Gasteiger partial charge is 0.369 e. The molecule has 0 bridgehead atoms. The molecular formula is C17H28N2. The quantitative estimate of drug-likeness (QED) is 0.873. The van der Waals surface area contributed by atoms with Gasteiger partial charge in [-0.15, -0.1) is 0 Å². The fourth-order valence-electron chi connectivity index (χ4n) is 2.63. The Labute approximate surface area is 118 Å². The molecule has 1 saturated heterocycles. The topological polar surface area (TPSA) is 15.3 Å². The second-order valence-electron chi connectivity index (χ2n) is 7.06. The molecule has 2 heteroatoms. The van der Waals surface area contributed by atoms with Gasteiger partial charge in [0.15, 0.2) is 0 Å². The smallest absolute Gasteiger partial charge is 0.0367 e. The average molecular weight is 260 g/mol. The molecule has 2 rings (SSSR count). The van der Waals surface area contributed by atoms with Gasteiger partial charge in [0, 0.05) is 31.4 Å². The van der Waals surface area contributed by atoms with Gasteiger partial charge in [-0.25, -0.2) is 0 Å². The lowest BCUT2D eigenvalue weighted by Crippen LogP contribution is -2.56. The lowest BCUT2D eigenvalue weighted by atomic mass is 9.85. The second kappa shape index (κ2) is 5.54. The van der Waals surface area contributed by atoms with Crippen molar-refractivity contribution < 1.29 is 0 Å². The summed E-state index contributed by atoms with van der Waals surface area (Å²) in [5.41, 5.74) is 3.10. The molecule has 19 heavy (non-hydrogen) atoms. The Hall–Kier alpha value is -1.02. The first-order valence-corrected chi connectivity index (χ1v) is 7.46. The predicted molar refractivity (Wildman–Crippen MR) is 84.0 cm³/mol. The zero-order valence-electron chi connectivity index (χ0n) is 13.0. The molecule has 0 radical (unpaired) electrons. The van der Waals surface area contributed by atoms with Crippen LogP contribution in [0.25, 0.3) is 0 Å². The molecule has 0 spiro atoms. The molecular weight excluding hydrogens is 232 g/mol. The predicted octanol–water partition coefficient (Wildman–Crippen LogP) is 3.63. The first-order valence-electron chi connectivity index (χ1n) is 7.46. The zero-order chi connectivity index (χ0) is 14.0. The van der Waals surface area contributed by atoms with Gasteiger partial charge >= 0.3 is 0 Å². The number of anilines is 1. The van der Waals surface area contributed by atoms with Gasteiger partial charge in [-0.05, 0) is 29.0 Å². The summed E-state index contributed by atoms with van der Waals surface area (Å²) in [6.45, 7) is 14.7. The molecule has 1 aliphatic heterocycles. The van der Waals surface area contributed by atoms with Crippen LogP contribution in [0.15, 0.2) is 24.3 Å². The van der Waals surface area contributed by atoms with Crippen molar-refractivity contribution in [2.75, 3.05) is 24.5 Å². The lowest BCUT2D eigenvalue weighted by Gasteiger charge is -2.41. The van der Waals surface area contributed by atoms with Gasteiger partial charge in [-0.1, -0.05) is 46.8 Å². The number of hydrogen-bond donors (Lipinski definition) is 1. The highest BCUT2D eigenvalue weighted by atomic mass is 15.2. The highest BCUT2D eigenvalue weighted by Crippen LogP contribution is 2.26. The van der Waals surface area contributed by atoms with Crippen LogP contribution in [-0.4, -0.2) is 25.7 Å². The van der Waals surface area contributed by atoms with E-state index in [1.807, 2.05) is 0 Å². The summed E-state index contributed by atoms with van der Waals surface area (Å²) >= 11 is 0. The lowest BCUT2D eigenvalue weighted by molar-refractivity contribution is 0.254. The number of hydrogen-bond acceptors (Lipinski definition) is 2. The minimum atomic E-state index is 0.316. The molecule has 1 N–H and O–H groups in total. The highest BCUT2D eigenvalue weighted by molar-refractivity contribution is 5.48. The van der Waals surface area contributed by atoms with E-state index < -0.39 is 0 Å². The molecule has 106 valence electrons. The van der Waals surface area contributed by atoms with E-state index in [0.717, 1.165) is 19.6 Å². The van der Waals surface area contributed by atoms with E-state index >= 15 is 0 Å². The summed E-state index contributed by atoms with van der Waals surface area (Å²) in [5, 5.41) is 3.65. The van der Waals surface area contributed by atoms with Crippen molar-refractivity contribution in [3.8, 4) is 0 Å². The van der Waals surface area contributed by atoms with E-state index in [0.29, 0.717) is 17.4 Å². The fraction of sp³-hybridized carbons (Fsp3) is 0.647. The molecule has 1 heterocycles. The summed E-state index contributed by atoms with van der Waals surface area (Å²) in [4.78, 5) is 2.51. The van der Waals surface area contributed by atoms with E-state index in [1.54, 1.807) is 0 Å². The third-order valence-electron chi connectivity index (χ3n) is 4.15. The highest BCUT2D eigenvalue weighted by Gasteiger charge is 2.29. The number of nitrogens with zero attached hydrogens (tertiary/aromatic N) is 1. The fourth-order valence-corrected chi connectivity index (χ4v) is 2.63. The van der Waals surface area contributed by atoms with E-state index in [2.05, 4.69) is 69.1 Å². The number of nitrogens with one attached hydrogen (secondary N) is 1. The van der Waals surface area contributed by atoms with Gasteiger partial charge in [0.2, 0.25) is 0 Å². The van der Waals surface area contributed by atoms with Crippen LogP contribution in [0.1, 0.15) is 46.1 Å². The van der Waals surface area contributed by atoms with Crippen molar-refractivity contribution in [3.05, 3.63) is 29.8 Å². The number of rotatable bonds is 2. The summed E-state index contributed by atoms with van der Waals surface area (Å²) in [5.74, 6) is 0.611. The average Bonchev–Trinajstić information content (AvgIpc) is 2.38. The molecule has 0 saturated carbocycles. The SMILES string of the molecule is CC(C)c1ccc(N2CCNC(C(C)(C)C)C2)cc1. The van der Waals surface area contributed by atoms with E-state index in [1.165, 1.54) is 11.3 Å². The van der Waals surface area contributed by atoms with Crippen LogP contribution in [0.4, 0.5) is 5.69 Å².